The highest BCUT2D eigenvalue weighted by atomic mass is 32.1. The van der Waals surface area contributed by atoms with Crippen molar-refractivity contribution in [3.63, 3.8) is 0 Å². The fourth-order valence-electron chi connectivity index (χ4n) is 2.24. The average molecular weight is 298 g/mol. The van der Waals surface area contributed by atoms with Crippen molar-refractivity contribution >= 4 is 23.1 Å². The van der Waals surface area contributed by atoms with E-state index in [1.54, 1.807) is 0 Å². The Bertz CT molecular complexity index is 509. The molecule has 1 aliphatic rings. The van der Waals surface area contributed by atoms with E-state index in [1.165, 1.54) is 11.3 Å². The maximum Gasteiger partial charge on any atom is 0.234 e. The monoisotopic (exact) mass is 298 g/mol. The summed E-state index contributed by atoms with van der Waals surface area (Å²) in [6, 6.07) is 0. The largest absolute Gasteiger partial charge is 0.409 e. The number of aryl methyl sites for hydroxylation is 1. The Labute approximate surface area is 120 Å². The van der Waals surface area contributed by atoms with E-state index in [2.05, 4.69) is 15.5 Å². The SMILES string of the molecule is Cc1nc(CNC(=O)C2(C(N)=NO)CCOCC2)cs1. The molecule has 0 aromatic carbocycles. The number of hydrogen-bond acceptors (Lipinski definition) is 6. The van der Waals surface area contributed by atoms with Crippen LogP contribution in [-0.4, -0.2) is 35.1 Å². The minimum Gasteiger partial charge on any atom is -0.409 e. The summed E-state index contributed by atoms with van der Waals surface area (Å²) in [5.41, 5.74) is 5.55. The van der Waals surface area contributed by atoms with Crippen LogP contribution >= 0.6 is 11.3 Å². The molecule has 0 saturated carbocycles. The van der Waals surface area contributed by atoms with Crippen molar-refractivity contribution in [3.8, 4) is 0 Å². The second-order valence-electron chi connectivity index (χ2n) is 4.72. The molecule has 1 saturated heterocycles. The van der Waals surface area contributed by atoms with Gasteiger partial charge in [0.2, 0.25) is 5.91 Å². The summed E-state index contributed by atoms with van der Waals surface area (Å²) in [4.78, 5) is 16.7. The Morgan fingerprint density at radius 1 is 1.65 bits per heavy atom. The maximum atomic E-state index is 12.4. The molecule has 20 heavy (non-hydrogen) atoms. The van der Waals surface area contributed by atoms with Gasteiger partial charge in [-0.2, -0.15) is 0 Å². The fourth-order valence-corrected chi connectivity index (χ4v) is 2.86. The van der Waals surface area contributed by atoms with Crippen LogP contribution in [0.1, 0.15) is 23.5 Å². The van der Waals surface area contributed by atoms with Gasteiger partial charge in [-0.15, -0.1) is 11.3 Å². The summed E-state index contributed by atoms with van der Waals surface area (Å²) in [6.07, 6.45) is 0.815. The molecule has 1 aromatic rings. The first-order chi connectivity index (χ1) is 9.58. The van der Waals surface area contributed by atoms with E-state index in [1.807, 2.05) is 12.3 Å². The number of aromatic nitrogens is 1. The standard InChI is InChI=1S/C12H18N4O3S/c1-8-15-9(7-20-8)6-14-11(17)12(10(13)16-18)2-4-19-5-3-12/h7,18H,2-6H2,1H3,(H2,13,16)(H,14,17). The van der Waals surface area contributed by atoms with Gasteiger partial charge in [-0.3, -0.25) is 4.79 Å². The van der Waals surface area contributed by atoms with Gasteiger partial charge in [0.15, 0.2) is 5.84 Å². The number of rotatable bonds is 4. The van der Waals surface area contributed by atoms with Gasteiger partial charge < -0.3 is 21.0 Å². The highest BCUT2D eigenvalue weighted by Gasteiger charge is 2.44. The molecule has 2 heterocycles. The zero-order chi connectivity index (χ0) is 14.6. The van der Waals surface area contributed by atoms with E-state index in [0.717, 1.165) is 10.7 Å². The molecule has 0 radical (unpaired) electrons. The molecule has 0 atom stereocenters. The molecule has 0 aliphatic carbocycles. The fraction of sp³-hybridized carbons (Fsp3) is 0.583. The predicted molar refractivity (Wildman–Crippen MR) is 74.6 cm³/mol. The number of nitrogens with two attached hydrogens (primary N) is 1. The van der Waals surface area contributed by atoms with E-state index >= 15 is 0 Å². The van der Waals surface area contributed by atoms with Gasteiger partial charge in [-0.1, -0.05) is 5.16 Å². The van der Waals surface area contributed by atoms with Gasteiger partial charge in [-0.25, -0.2) is 4.98 Å². The van der Waals surface area contributed by atoms with Crippen molar-refractivity contribution < 1.29 is 14.7 Å². The van der Waals surface area contributed by atoms with Crippen molar-refractivity contribution in [2.45, 2.75) is 26.3 Å². The molecular formula is C12H18N4O3S. The quantitative estimate of drug-likeness (QED) is 0.326. The van der Waals surface area contributed by atoms with Gasteiger partial charge in [0.05, 0.1) is 17.2 Å². The molecule has 0 spiro atoms. The van der Waals surface area contributed by atoms with Gasteiger partial charge in [0.25, 0.3) is 0 Å². The lowest BCUT2D eigenvalue weighted by Gasteiger charge is -2.34. The lowest BCUT2D eigenvalue weighted by Crippen LogP contribution is -2.52. The smallest absolute Gasteiger partial charge is 0.234 e. The van der Waals surface area contributed by atoms with Crippen LogP contribution in [-0.2, 0) is 16.1 Å². The third-order valence-corrected chi connectivity index (χ3v) is 4.30. The first-order valence-corrected chi connectivity index (χ1v) is 7.21. The number of ether oxygens (including phenoxy) is 1. The number of oxime groups is 1. The molecule has 4 N–H and O–H groups in total. The second-order valence-corrected chi connectivity index (χ2v) is 5.78. The lowest BCUT2D eigenvalue weighted by atomic mass is 9.78. The van der Waals surface area contributed by atoms with E-state index < -0.39 is 5.41 Å². The minimum atomic E-state index is -0.988. The molecular weight excluding hydrogens is 280 g/mol. The molecule has 1 aromatic heterocycles. The molecule has 1 amide bonds. The summed E-state index contributed by atoms with van der Waals surface area (Å²) in [7, 11) is 0. The van der Waals surface area contributed by atoms with Crippen LogP contribution in [0.2, 0.25) is 0 Å². The summed E-state index contributed by atoms with van der Waals surface area (Å²) < 4.78 is 5.25. The van der Waals surface area contributed by atoms with E-state index in [9.17, 15) is 4.79 Å². The first-order valence-electron chi connectivity index (χ1n) is 6.33. The number of carbonyl (C=O) groups excluding carboxylic acids is 1. The molecule has 110 valence electrons. The maximum absolute atomic E-state index is 12.4. The number of amidine groups is 1. The Balaban J connectivity index is 2.07. The van der Waals surface area contributed by atoms with Crippen molar-refractivity contribution in [1.29, 1.82) is 0 Å². The number of amides is 1. The highest BCUT2D eigenvalue weighted by molar-refractivity contribution is 7.09. The van der Waals surface area contributed by atoms with E-state index in [4.69, 9.17) is 15.7 Å². The lowest BCUT2D eigenvalue weighted by molar-refractivity contribution is -0.131. The number of nitrogens with one attached hydrogen (secondary N) is 1. The third-order valence-electron chi connectivity index (χ3n) is 3.48. The minimum absolute atomic E-state index is 0.0623. The van der Waals surface area contributed by atoms with Crippen LogP contribution in [0.25, 0.3) is 0 Å². The van der Waals surface area contributed by atoms with Crippen molar-refractivity contribution in [2.75, 3.05) is 13.2 Å². The second kappa shape index (κ2) is 6.19. The van der Waals surface area contributed by atoms with Gasteiger partial charge in [0, 0.05) is 18.6 Å². The molecule has 0 unspecified atom stereocenters. The molecule has 1 aliphatic heterocycles. The zero-order valence-electron chi connectivity index (χ0n) is 11.3. The first kappa shape index (κ1) is 14.7. The molecule has 0 bridgehead atoms. The average Bonchev–Trinajstić information content (AvgIpc) is 2.90. The van der Waals surface area contributed by atoms with Gasteiger partial charge >= 0.3 is 0 Å². The summed E-state index contributed by atoms with van der Waals surface area (Å²) in [5.74, 6) is -0.311. The number of nitrogens with zero attached hydrogens (tertiary/aromatic N) is 2. The number of hydrogen-bond donors (Lipinski definition) is 3. The topological polar surface area (TPSA) is 110 Å². The van der Waals surface area contributed by atoms with Crippen LogP contribution < -0.4 is 11.1 Å². The van der Waals surface area contributed by atoms with Crippen molar-refractivity contribution in [3.05, 3.63) is 16.1 Å². The highest BCUT2D eigenvalue weighted by Crippen LogP contribution is 2.31. The zero-order valence-corrected chi connectivity index (χ0v) is 12.1. The summed E-state index contributed by atoms with van der Waals surface area (Å²) in [6.45, 7) is 3.08. The Kier molecular flexibility index (Phi) is 4.56. The van der Waals surface area contributed by atoms with Crippen molar-refractivity contribution in [2.24, 2.45) is 16.3 Å². The molecule has 7 nitrogen and oxygen atoms in total. The van der Waals surface area contributed by atoms with Crippen LogP contribution in [0.4, 0.5) is 0 Å². The Morgan fingerprint density at radius 2 is 2.35 bits per heavy atom. The normalized spacial score (nSPS) is 18.8. The van der Waals surface area contributed by atoms with E-state index in [-0.39, 0.29) is 11.7 Å². The Morgan fingerprint density at radius 3 is 2.90 bits per heavy atom. The Hall–Kier alpha value is -1.67. The predicted octanol–water partition coefficient (Wildman–Crippen LogP) is 0.611. The molecule has 1 fully saturated rings. The van der Waals surface area contributed by atoms with Crippen LogP contribution in [0.3, 0.4) is 0 Å². The number of thiazole rings is 1. The van der Waals surface area contributed by atoms with Crippen LogP contribution in [0, 0.1) is 12.3 Å². The molecule has 8 heteroatoms. The van der Waals surface area contributed by atoms with Crippen molar-refractivity contribution in [1.82, 2.24) is 10.3 Å². The van der Waals surface area contributed by atoms with Crippen LogP contribution in [0.5, 0.6) is 0 Å². The van der Waals surface area contributed by atoms with Gasteiger partial charge in [-0.05, 0) is 19.8 Å². The van der Waals surface area contributed by atoms with E-state index in [0.29, 0.717) is 32.6 Å². The third kappa shape index (κ3) is 2.91. The van der Waals surface area contributed by atoms with Crippen LogP contribution in [0.15, 0.2) is 10.5 Å². The summed E-state index contributed by atoms with van der Waals surface area (Å²) in [5, 5.41) is 17.6. The summed E-state index contributed by atoms with van der Waals surface area (Å²) >= 11 is 1.53. The molecule has 2 rings (SSSR count). The van der Waals surface area contributed by atoms with Gasteiger partial charge in [0.1, 0.15) is 5.41 Å². The number of carbonyl (C=O) groups is 1.